The summed E-state index contributed by atoms with van der Waals surface area (Å²) in [6.45, 7) is 6.83. The minimum atomic E-state index is -0.383. The van der Waals surface area contributed by atoms with Gasteiger partial charge in [-0.1, -0.05) is 0 Å². The predicted octanol–water partition coefficient (Wildman–Crippen LogP) is 0.134. The van der Waals surface area contributed by atoms with Crippen LogP contribution in [0.25, 0.3) is 0 Å². The largest absolute Gasteiger partial charge is 0.460 e. The number of carbonyl (C=O) groups is 1. The van der Waals surface area contributed by atoms with Crippen molar-refractivity contribution in [2.75, 3.05) is 13.1 Å². The Hall–Kier alpha value is -0.610. The number of nitrogens with two attached hydrogens (primary N) is 1. The average molecular weight is 172 g/mol. The van der Waals surface area contributed by atoms with Crippen molar-refractivity contribution in [1.29, 1.82) is 0 Å². The van der Waals surface area contributed by atoms with Crippen LogP contribution >= 0.6 is 0 Å². The molecule has 1 aliphatic rings. The maximum absolute atomic E-state index is 11.3. The monoisotopic (exact) mass is 172 g/mol. The molecule has 0 amide bonds. The number of rotatable bonds is 1. The Morgan fingerprint density at radius 2 is 2.00 bits per heavy atom. The van der Waals surface area contributed by atoms with E-state index in [0.29, 0.717) is 13.1 Å². The van der Waals surface area contributed by atoms with Crippen molar-refractivity contribution in [2.45, 2.75) is 26.4 Å². The van der Waals surface area contributed by atoms with E-state index in [0.717, 1.165) is 0 Å². The van der Waals surface area contributed by atoms with E-state index in [-0.39, 0.29) is 17.5 Å². The Bertz CT molecular complexity index is 180. The fraction of sp³-hybridized carbons (Fsp3) is 0.875. The molecule has 1 aliphatic heterocycles. The molecule has 12 heavy (non-hydrogen) atoms. The lowest BCUT2D eigenvalue weighted by Gasteiger charge is -2.35. The smallest absolute Gasteiger partial charge is 0.312 e. The number of hydrazine groups is 1. The molecule has 70 valence electrons. The third-order valence-electron chi connectivity index (χ3n) is 1.65. The van der Waals surface area contributed by atoms with E-state index in [1.165, 1.54) is 0 Å². The molecular formula is C8H16N2O2. The van der Waals surface area contributed by atoms with Crippen LogP contribution in [0.2, 0.25) is 0 Å². The highest BCUT2D eigenvalue weighted by molar-refractivity contribution is 5.74. The number of hydrogen-bond donors (Lipinski definition) is 1. The predicted molar refractivity (Wildman–Crippen MR) is 45.1 cm³/mol. The van der Waals surface area contributed by atoms with Gasteiger partial charge in [0, 0.05) is 13.1 Å². The summed E-state index contributed by atoms with van der Waals surface area (Å²) in [4.78, 5) is 11.3. The molecule has 0 spiro atoms. The van der Waals surface area contributed by atoms with Crippen molar-refractivity contribution in [3.63, 3.8) is 0 Å². The first-order chi connectivity index (χ1) is 5.38. The zero-order chi connectivity index (χ0) is 9.35. The number of carbonyl (C=O) groups excluding carboxylic acids is 1. The standard InChI is InChI=1S/C8H16N2O2/c1-8(2,3)12-7(11)6-4-10(9)5-6/h6H,4-5,9H2,1-3H3. The van der Waals surface area contributed by atoms with Crippen LogP contribution in [0.15, 0.2) is 0 Å². The van der Waals surface area contributed by atoms with Gasteiger partial charge in [0.25, 0.3) is 0 Å². The van der Waals surface area contributed by atoms with E-state index >= 15 is 0 Å². The van der Waals surface area contributed by atoms with Crippen LogP contribution in [0.4, 0.5) is 0 Å². The molecule has 0 aromatic carbocycles. The second-order valence-corrected chi connectivity index (χ2v) is 4.18. The summed E-state index contributed by atoms with van der Waals surface area (Å²) in [6.07, 6.45) is 0. The lowest BCUT2D eigenvalue weighted by molar-refractivity contribution is -0.166. The van der Waals surface area contributed by atoms with E-state index < -0.39 is 0 Å². The summed E-state index contributed by atoms with van der Waals surface area (Å²) in [5.74, 6) is 5.24. The third kappa shape index (κ3) is 2.46. The molecule has 2 N–H and O–H groups in total. The van der Waals surface area contributed by atoms with Gasteiger partial charge in [-0.3, -0.25) is 10.6 Å². The summed E-state index contributed by atoms with van der Waals surface area (Å²) in [5, 5.41) is 1.61. The van der Waals surface area contributed by atoms with Gasteiger partial charge in [0.2, 0.25) is 0 Å². The number of esters is 1. The van der Waals surface area contributed by atoms with E-state index in [1.54, 1.807) is 5.01 Å². The van der Waals surface area contributed by atoms with Gasteiger partial charge >= 0.3 is 5.97 Å². The van der Waals surface area contributed by atoms with Gasteiger partial charge in [0.15, 0.2) is 0 Å². The van der Waals surface area contributed by atoms with Gasteiger partial charge in [-0.25, -0.2) is 5.01 Å². The Morgan fingerprint density at radius 1 is 1.50 bits per heavy atom. The fourth-order valence-electron chi connectivity index (χ4n) is 1.05. The van der Waals surface area contributed by atoms with E-state index in [1.807, 2.05) is 20.8 Å². The van der Waals surface area contributed by atoms with Gasteiger partial charge < -0.3 is 4.74 Å². The van der Waals surface area contributed by atoms with Crippen molar-refractivity contribution in [3.05, 3.63) is 0 Å². The Kier molecular flexibility index (Phi) is 2.39. The van der Waals surface area contributed by atoms with E-state index in [9.17, 15) is 4.79 Å². The van der Waals surface area contributed by atoms with Crippen molar-refractivity contribution in [3.8, 4) is 0 Å². The quantitative estimate of drug-likeness (QED) is 0.451. The lowest BCUT2D eigenvalue weighted by atomic mass is 10.0. The van der Waals surface area contributed by atoms with Crippen molar-refractivity contribution >= 4 is 5.97 Å². The average Bonchev–Trinajstić information content (AvgIpc) is 1.76. The molecule has 0 aliphatic carbocycles. The normalized spacial score (nSPS) is 20.3. The van der Waals surface area contributed by atoms with Crippen LogP contribution in [0, 0.1) is 5.92 Å². The molecule has 4 nitrogen and oxygen atoms in total. The van der Waals surface area contributed by atoms with Crippen LogP contribution in [0.3, 0.4) is 0 Å². The Labute approximate surface area is 72.6 Å². The van der Waals surface area contributed by atoms with Gasteiger partial charge in [-0.15, -0.1) is 0 Å². The molecule has 0 aromatic rings. The molecule has 1 rings (SSSR count). The van der Waals surface area contributed by atoms with Crippen LogP contribution < -0.4 is 5.84 Å². The molecule has 1 heterocycles. The maximum atomic E-state index is 11.3. The molecule has 0 radical (unpaired) electrons. The number of hydrogen-bond acceptors (Lipinski definition) is 4. The summed E-state index contributed by atoms with van der Waals surface area (Å²) >= 11 is 0. The summed E-state index contributed by atoms with van der Waals surface area (Å²) in [6, 6.07) is 0. The minimum Gasteiger partial charge on any atom is -0.460 e. The third-order valence-corrected chi connectivity index (χ3v) is 1.65. The first-order valence-corrected chi connectivity index (χ1v) is 4.11. The Morgan fingerprint density at radius 3 is 2.33 bits per heavy atom. The maximum Gasteiger partial charge on any atom is 0.312 e. The second kappa shape index (κ2) is 3.03. The summed E-state index contributed by atoms with van der Waals surface area (Å²) in [7, 11) is 0. The molecule has 1 fully saturated rings. The molecule has 0 bridgehead atoms. The molecule has 4 heteroatoms. The van der Waals surface area contributed by atoms with Crippen LogP contribution in [-0.2, 0) is 9.53 Å². The van der Waals surface area contributed by atoms with Gasteiger partial charge in [-0.2, -0.15) is 0 Å². The van der Waals surface area contributed by atoms with E-state index in [4.69, 9.17) is 10.6 Å². The molecule has 0 atom stereocenters. The molecule has 0 saturated carbocycles. The highest BCUT2D eigenvalue weighted by Gasteiger charge is 2.33. The van der Waals surface area contributed by atoms with Crippen LogP contribution in [0.1, 0.15) is 20.8 Å². The van der Waals surface area contributed by atoms with Gasteiger partial charge in [0.05, 0.1) is 5.92 Å². The van der Waals surface area contributed by atoms with Crippen molar-refractivity contribution in [2.24, 2.45) is 11.8 Å². The number of nitrogens with zero attached hydrogens (tertiary/aromatic N) is 1. The first kappa shape index (κ1) is 9.48. The summed E-state index contributed by atoms with van der Waals surface area (Å²) < 4.78 is 5.17. The highest BCUT2D eigenvalue weighted by Crippen LogP contribution is 2.17. The topological polar surface area (TPSA) is 55.6 Å². The van der Waals surface area contributed by atoms with Crippen molar-refractivity contribution in [1.82, 2.24) is 5.01 Å². The minimum absolute atomic E-state index is 0.0192. The van der Waals surface area contributed by atoms with Gasteiger partial charge in [0.1, 0.15) is 5.60 Å². The fourth-order valence-corrected chi connectivity index (χ4v) is 1.05. The van der Waals surface area contributed by atoms with Crippen LogP contribution in [0.5, 0.6) is 0 Å². The first-order valence-electron chi connectivity index (χ1n) is 4.11. The lowest BCUT2D eigenvalue weighted by Crippen LogP contribution is -2.55. The van der Waals surface area contributed by atoms with Crippen molar-refractivity contribution < 1.29 is 9.53 Å². The van der Waals surface area contributed by atoms with Crippen LogP contribution in [-0.4, -0.2) is 29.7 Å². The molecule has 1 saturated heterocycles. The molecule has 0 unspecified atom stereocenters. The summed E-state index contributed by atoms with van der Waals surface area (Å²) in [5.41, 5.74) is -0.383. The SMILES string of the molecule is CC(C)(C)OC(=O)C1CN(N)C1. The molecular weight excluding hydrogens is 156 g/mol. The van der Waals surface area contributed by atoms with E-state index in [2.05, 4.69) is 0 Å². The number of ether oxygens (including phenoxy) is 1. The zero-order valence-corrected chi connectivity index (χ0v) is 7.83. The Balaban J connectivity index is 2.30. The van der Waals surface area contributed by atoms with Gasteiger partial charge in [-0.05, 0) is 20.8 Å². The highest BCUT2D eigenvalue weighted by atomic mass is 16.6. The molecule has 0 aromatic heterocycles. The zero-order valence-electron chi connectivity index (χ0n) is 7.83. The second-order valence-electron chi connectivity index (χ2n) is 4.18.